The Balaban J connectivity index is 2.38. The van der Waals surface area contributed by atoms with E-state index in [0.29, 0.717) is 12.1 Å². The molecule has 1 fully saturated rings. The van der Waals surface area contributed by atoms with Gasteiger partial charge in [-0.3, -0.25) is 10.1 Å². The number of nitro groups is 1. The zero-order chi connectivity index (χ0) is 20.8. The largest absolute Gasteiger partial charge is 0.495 e. The molecule has 150 valence electrons. The van der Waals surface area contributed by atoms with E-state index in [-0.39, 0.29) is 10.7 Å². The summed E-state index contributed by atoms with van der Waals surface area (Å²) in [5.74, 6) is 0. The smallest absolute Gasteiger partial charge is 0.413 e. The van der Waals surface area contributed by atoms with Gasteiger partial charge in [0.2, 0.25) is 0 Å². The van der Waals surface area contributed by atoms with Crippen LogP contribution < -0.4 is 5.46 Å². The average Bonchev–Trinajstić information content (AvgIpc) is 2.72. The monoisotopic (exact) mass is 393 g/mol. The van der Waals surface area contributed by atoms with Crippen molar-refractivity contribution < 1.29 is 18.7 Å². The summed E-state index contributed by atoms with van der Waals surface area (Å²) in [4.78, 5) is 10.9. The minimum Gasteiger partial charge on any atom is -0.413 e. The van der Waals surface area contributed by atoms with E-state index in [4.69, 9.17) is 13.7 Å². The average molecular weight is 393 g/mol. The Hall–Kier alpha value is -1.22. The highest BCUT2D eigenvalue weighted by Crippen LogP contribution is 2.38. The van der Waals surface area contributed by atoms with E-state index in [1.165, 1.54) is 6.07 Å². The topological polar surface area (TPSA) is 70.8 Å². The fraction of sp³-hybridized carbons (Fsp3) is 0.684. The lowest BCUT2D eigenvalue weighted by Crippen LogP contribution is -2.42. The van der Waals surface area contributed by atoms with Crippen LogP contribution in [-0.2, 0) is 20.3 Å². The summed E-state index contributed by atoms with van der Waals surface area (Å²) in [6.07, 6.45) is 0. The van der Waals surface area contributed by atoms with Gasteiger partial charge in [0.25, 0.3) is 5.69 Å². The van der Waals surface area contributed by atoms with Gasteiger partial charge in [-0.25, -0.2) is 0 Å². The predicted octanol–water partition coefficient (Wildman–Crippen LogP) is 4.42. The Morgan fingerprint density at radius 1 is 1.15 bits per heavy atom. The molecule has 1 aliphatic heterocycles. The lowest BCUT2D eigenvalue weighted by atomic mass is 9.76. The quantitative estimate of drug-likeness (QED) is 0.421. The first-order chi connectivity index (χ1) is 12.1. The van der Waals surface area contributed by atoms with E-state index in [9.17, 15) is 10.1 Å². The van der Waals surface area contributed by atoms with Crippen molar-refractivity contribution in [2.75, 3.05) is 0 Å². The van der Waals surface area contributed by atoms with Crippen LogP contribution >= 0.6 is 0 Å². The van der Waals surface area contributed by atoms with Crippen molar-refractivity contribution >= 4 is 26.6 Å². The third kappa shape index (κ3) is 4.45. The number of rotatable bonds is 5. The van der Waals surface area contributed by atoms with Crippen molar-refractivity contribution in [3.05, 3.63) is 33.9 Å². The zero-order valence-electron chi connectivity index (χ0n) is 18.0. The van der Waals surface area contributed by atoms with Gasteiger partial charge in [0.1, 0.15) is 0 Å². The summed E-state index contributed by atoms with van der Waals surface area (Å²) in [6, 6.07) is 4.82. The summed E-state index contributed by atoms with van der Waals surface area (Å²) >= 11 is 0. The van der Waals surface area contributed by atoms with Crippen LogP contribution in [0.15, 0.2) is 18.2 Å². The Labute approximate surface area is 164 Å². The molecule has 0 spiro atoms. The number of hydrogen-bond acceptors (Lipinski definition) is 5. The third-order valence-corrected chi connectivity index (χ3v) is 10.7. The first-order valence-corrected chi connectivity index (χ1v) is 12.2. The van der Waals surface area contributed by atoms with Crippen LogP contribution in [0, 0.1) is 10.1 Å². The van der Waals surface area contributed by atoms with E-state index in [0.717, 1.165) is 5.56 Å². The maximum absolute atomic E-state index is 11.3. The molecule has 0 N–H and O–H groups in total. The van der Waals surface area contributed by atoms with Gasteiger partial charge in [-0.2, -0.15) is 0 Å². The Bertz CT molecular complexity index is 711. The molecule has 0 bridgehead atoms. The van der Waals surface area contributed by atoms with Crippen molar-refractivity contribution in [2.24, 2.45) is 0 Å². The molecule has 1 heterocycles. The van der Waals surface area contributed by atoms with Crippen LogP contribution in [0.2, 0.25) is 18.1 Å². The number of hydrogen-bond donors (Lipinski definition) is 0. The summed E-state index contributed by atoms with van der Waals surface area (Å²) in [6.45, 7) is 19.2. The number of nitro benzene ring substituents is 1. The van der Waals surface area contributed by atoms with Gasteiger partial charge in [0.05, 0.1) is 22.7 Å². The summed E-state index contributed by atoms with van der Waals surface area (Å²) in [5, 5.41) is 11.4. The van der Waals surface area contributed by atoms with E-state index in [1.54, 1.807) is 12.1 Å². The molecule has 1 aliphatic rings. The standard InChI is InChI=1S/C19H32BNO5Si/c1-17(2,3)27(8,9)24-13-14-10-11-15(21(22)23)12-16(14)20-25-18(4,5)19(6,7)26-20/h10-12H,13H2,1-9H3. The molecule has 1 aromatic carbocycles. The van der Waals surface area contributed by atoms with Crippen LogP contribution in [0.1, 0.15) is 54.0 Å². The molecule has 8 heteroatoms. The minimum atomic E-state index is -1.96. The maximum atomic E-state index is 11.3. The summed E-state index contributed by atoms with van der Waals surface area (Å²) in [7, 11) is -2.62. The number of nitrogens with zero attached hydrogens (tertiary/aromatic N) is 1. The Kier molecular flexibility index (Phi) is 5.71. The van der Waals surface area contributed by atoms with Gasteiger partial charge in [0, 0.05) is 12.1 Å². The molecular weight excluding hydrogens is 361 g/mol. The molecule has 0 unspecified atom stereocenters. The van der Waals surface area contributed by atoms with Crippen LogP contribution in [-0.4, -0.2) is 31.6 Å². The third-order valence-electron chi connectivity index (χ3n) is 6.24. The van der Waals surface area contributed by atoms with Gasteiger partial charge in [-0.1, -0.05) is 26.8 Å². The van der Waals surface area contributed by atoms with E-state index in [1.807, 2.05) is 27.7 Å². The van der Waals surface area contributed by atoms with Gasteiger partial charge in [-0.15, -0.1) is 0 Å². The first-order valence-electron chi connectivity index (χ1n) is 9.34. The van der Waals surface area contributed by atoms with Crippen LogP contribution in [0.5, 0.6) is 0 Å². The fourth-order valence-corrected chi connectivity index (χ4v) is 3.44. The Morgan fingerprint density at radius 2 is 1.67 bits per heavy atom. The fourth-order valence-electron chi connectivity index (χ4n) is 2.49. The highest BCUT2D eigenvalue weighted by Gasteiger charge is 2.52. The van der Waals surface area contributed by atoms with Crippen molar-refractivity contribution in [1.82, 2.24) is 0 Å². The summed E-state index contributed by atoms with van der Waals surface area (Å²) < 4.78 is 18.6. The van der Waals surface area contributed by atoms with Crippen LogP contribution in [0.3, 0.4) is 0 Å². The molecule has 6 nitrogen and oxygen atoms in total. The maximum Gasteiger partial charge on any atom is 0.495 e. The van der Waals surface area contributed by atoms with Crippen molar-refractivity contribution in [3.63, 3.8) is 0 Å². The second-order valence-corrected chi connectivity index (χ2v) is 14.6. The SMILES string of the molecule is CC1(C)OB(c2cc([N+](=O)[O-])ccc2CO[Si](C)(C)C(C)(C)C)OC1(C)C. The molecule has 0 atom stereocenters. The molecule has 0 saturated carbocycles. The second-order valence-electron chi connectivity index (χ2n) is 9.78. The molecule has 27 heavy (non-hydrogen) atoms. The highest BCUT2D eigenvalue weighted by atomic mass is 28.4. The molecule has 0 aromatic heterocycles. The number of non-ortho nitro benzene ring substituents is 1. The van der Waals surface area contributed by atoms with Crippen LogP contribution in [0.25, 0.3) is 0 Å². The second kappa shape index (κ2) is 6.99. The van der Waals surface area contributed by atoms with E-state index < -0.39 is 31.6 Å². The van der Waals surface area contributed by atoms with Gasteiger partial charge < -0.3 is 13.7 Å². The summed E-state index contributed by atoms with van der Waals surface area (Å²) in [5.41, 5.74) is 0.529. The molecule has 1 saturated heterocycles. The van der Waals surface area contributed by atoms with E-state index in [2.05, 4.69) is 33.9 Å². The first kappa shape index (κ1) is 22.1. The normalized spacial score (nSPS) is 19.4. The predicted molar refractivity (Wildman–Crippen MR) is 111 cm³/mol. The highest BCUT2D eigenvalue weighted by molar-refractivity contribution is 6.74. The molecule has 0 aliphatic carbocycles. The van der Waals surface area contributed by atoms with Gasteiger partial charge in [-0.05, 0) is 56.9 Å². The lowest BCUT2D eigenvalue weighted by Gasteiger charge is -2.36. The molecule has 2 rings (SSSR count). The molecule has 1 aromatic rings. The minimum absolute atomic E-state index is 0.0239. The molecule has 0 radical (unpaired) electrons. The zero-order valence-corrected chi connectivity index (χ0v) is 19.0. The van der Waals surface area contributed by atoms with Crippen molar-refractivity contribution in [1.29, 1.82) is 0 Å². The lowest BCUT2D eigenvalue weighted by molar-refractivity contribution is -0.384. The van der Waals surface area contributed by atoms with Crippen molar-refractivity contribution in [2.45, 2.75) is 84.4 Å². The Morgan fingerprint density at radius 3 is 2.11 bits per heavy atom. The van der Waals surface area contributed by atoms with Crippen molar-refractivity contribution in [3.8, 4) is 0 Å². The van der Waals surface area contributed by atoms with Gasteiger partial charge in [0.15, 0.2) is 8.32 Å². The van der Waals surface area contributed by atoms with Gasteiger partial charge >= 0.3 is 7.12 Å². The van der Waals surface area contributed by atoms with Crippen LogP contribution in [0.4, 0.5) is 5.69 Å². The molecular formula is C19H32BNO5Si. The molecule has 0 amide bonds. The number of benzene rings is 1. The van der Waals surface area contributed by atoms with E-state index >= 15 is 0 Å².